The highest BCUT2D eigenvalue weighted by Crippen LogP contribution is 2.11. The maximum Gasteiger partial charge on any atom is 0.277 e. The standard InChI is InChI=1S/C20H25N3O3S2/c1-21(16-19-8-5-14-27-19)17-20(24)22-10-12-23(13-11-22)28(25,26)15-9-18-6-3-2-4-7-18/h2-9,14-15H,10-13,16-17H2,1H3/p+1/b15-9+. The summed E-state index contributed by atoms with van der Waals surface area (Å²) in [7, 11) is -1.47. The summed E-state index contributed by atoms with van der Waals surface area (Å²) in [6, 6.07) is 13.4. The molecule has 1 atom stereocenters. The summed E-state index contributed by atoms with van der Waals surface area (Å²) in [5.74, 6) is 0.0749. The lowest BCUT2D eigenvalue weighted by Crippen LogP contribution is -3.08. The molecule has 1 aromatic carbocycles. The second-order valence-corrected chi connectivity index (χ2v) is 9.78. The molecule has 1 unspecified atom stereocenters. The predicted molar refractivity (Wildman–Crippen MR) is 112 cm³/mol. The number of likely N-dealkylation sites (N-methyl/N-ethyl adjacent to an activating group) is 1. The first kappa shape index (κ1) is 20.7. The molecule has 28 heavy (non-hydrogen) atoms. The molecule has 150 valence electrons. The first-order valence-electron chi connectivity index (χ1n) is 9.29. The zero-order valence-electron chi connectivity index (χ0n) is 16.0. The molecule has 1 saturated heterocycles. The third-order valence-corrected chi connectivity index (χ3v) is 7.13. The Morgan fingerprint density at radius 2 is 1.82 bits per heavy atom. The molecule has 0 aliphatic carbocycles. The van der Waals surface area contributed by atoms with Gasteiger partial charge in [0.15, 0.2) is 6.54 Å². The average molecular weight is 421 g/mol. The van der Waals surface area contributed by atoms with Crippen molar-refractivity contribution in [2.75, 3.05) is 39.8 Å². The lowest BCUT2D eigenvalue weighted by molar-refractivity contribution is -0.885. The summed E-state index contributed by atoms with van der Waals surface area (Å²) in [6.45, 7) is 2.77. The van der Waals surface area contributed by atoms with Crippen molar-refractivity contribution in [1.29, 1.82) is 0 Å². The van der Waals surface area contributed by atoms with Crippen LogP contribution >= 0.6 is 11.3 Å². The molecular formula is C20H26N3O3S2+. The monoisotopic (exact) mass is 420 g/mol. The summed E-state index contributed by atoms with van der Waals surface area (Å²) in [5, 5.41) is 3.29. The van der Waals surface area contributed by atoms with Crippen LogP contribution in [0.5, 0.6) is 0 Å². The van der Waals surface area contributed by atoms with Gasteiger partial charge in [-0.3, -0.25) is 4.79 Å². The normalized spacial score (nSPS) is 17.1. The molecule has 2 aromatic rings. The van der Waals surface area contributed by atoms with Gasteiger partial charge >= 0.3 is 0 Å². The Morgan fingerprint density at radius 3 is 2.46 bits per heavy atom. The van der Waals surface area contributed by atoms with E-state index in [1.54, 1.807) is 22.3 Å². The van der Waals surface area contributed by atoms with Crippen LogP contribution < -0.4 is 4.90 Å². The van der Waals surface area contributed by atoms with E-state index in [1.807, 2.05) is 48.8 Å². The molecule has 1 aliphatic rings. The van der Waals surface area contributed by atoms with E-state index < -0.39 is 10.0 Å². The first-order valence-corrected chi connectivity index (χ1v) is 11.7. The summed E-state index contributed by atoms with van der Waals surface area (Å²) in [4.78, 5) is 16.7. The van der Waals surface area contributed by atoms with Crippen molar-refractivity contribution in [3.8, 4) is 0 Å². The summed E-state index contributed by atoms with van der Waals surface area (Å²) >= 11 is 1.69. The van der Waals surface area contributed by atoms with E-state index in [-0.39, 0.29) is 5.91 Å². The van der Waals surface area contributed by atoms with Crippen molar-refractivity contribution in [3.63, 3.8) is 0 Å². The van der Waals surface area contributed by atoms with Crippen molar-refractivity contribution in [2.45, 2.75) is 6.54 Å². The van der Waals surface area contributed by atoms with Gasteiger partial charge in [-0.25, -0.2) is 8.42 Å². The molecule has 2 heterocycles. The first-order chi connectivity index (χ1) is 13.4. The number of amides is 1. The van der Waals surface area contributed by atoms with Crippen LogP contribution in [0.15, 0.2) is 53.3 Å². The van der Waals surface area contributed by atoms with E-state index in [0.717, 1.165) is 17.0 Å². The van der Waals surface area contributed by atoms with E-state index in [0.29, 0.717) is 32.7 Å². The predicted octanol–water partition coefficient (Wildman–Crippen LogP) is 0.908. The molecule has 0 bridgehead atoms. The molecule has 3 rings (SSSR count). The highest BCUT2D eigenvalue weighted by molar-refractivity contribution is 7.92. The van der Waals surface area contributed by atoms with E-state index in [2.05, 4.69) is 6.07 Å². The lowest BCUT2D eigenvalue weighted by atomic mass is 10.2. The number of thiophene rings is 1. The number of quaternary nitrogens is 1. The maximum absolute atomic E-state index is 12.5. The summed E-state index contributed by atoms with van der Waals surface area (Å²) in [6.07, 6.45) is 1.61. The van der Waals surface area contributed by atoms with Crippen molar-refractivity contribution < 1.29 is 18.1 Å². The number of carbonyl (C=O) groups is 1. The molecule has 0 spiro atoms. The van der Waals surface area contributed by atoms with Crippen LogP contribution in [0.25, 0.3) is 6.08 Å². The van der Waals surface area contributed by atoms with Crippen LogP contribution in [0.3, 0.4) is 0 Å². The zero-order chi connectivity index (χ0) is 20.0. The maximum atomic E-state index is 12.5. The van der Waals surface area contributed by atoms with Gasteiger partial charge in [-0.05, 0) is 23.1 Å². The van der Waals surface area contributed by atoms with Gasteiger partial charge < -0.3 is 9.80 Å². The molecule has 1 fully saturated rings. The van der Waals surface area contributed by atoms with Gasteiger partial charge in [-0.1, -0.05) is 36.4 Å². The largest absolute Gasteiger partial charge is 0.335 e. The lowest BCUT2D eigenvalue weighted by Gasteiger charge is -2.33. The highest BCUT2D eigenvalue weighted by Gasteiger charge is 2.28. The quantitative estimate of drug-likeness (QED) is 0.724. The number of piperazine rings is 1. The number of nitrogens with zero attached hydrogens (tertiary/aromatic N) is 2. The Bertz CT molecular complexity index is 888. The van der Waals surface area contributed by atoms with Gasteiger partial charge in [0.1, 0.15) is 6.54 Å². The fraction of sp³-hybridized carbons (Fsp3) is 0.350. The fourth-order valence-electron chi connectivity index (χ4n) is 3.15. The zero-order valence-corrected chi connectivity index (χ0v) is 17.6. The number of hydrogen-bond donors (Lipinski definition) is 1. The SMILES string of the molecule is C[NH+](CC(=O)N1CCN(S(=O)(=O)/C=C/c2ccccc2)CC1)Cc1cccs1. The molecule has 1 aromatic heterocycles. The van der Waals surface area contributed by atoms with E-state index >= 15 is 0 Å². The van der Waals surface area contributed by atoms with Crippen molar-refractivity contribution >= 4 is 33.3 Å². The minimum absolute atomic E-state index is 0.0749. The second kappa shape index (κ2) is 9.47. The van der Waals surface area contributed by atoms with Gasteiger partial charge in [0, 0.05) is 31.6 Å². The molecule has 1 N–H and O–H groups in total. The number of hydrogen-bond acceptors (Lipinski definition) is 4. The Hall–Kier alpha value is -2.00. The Kier molecular flexibility index (Phi) is 7.01. The third kappa shape index (κ3) is 5.75. The number of sulfonamides is 1. The molecule has 6 nitrogen and oxygen atoms in total. The Morgan fingerprint density at radius 1 is 1.11 bits per heavy atom. The second-order valence-electron chi connectivity index (χ2n) is 6.93. The molecule has 1 amide bonds. The minimum atomic E-state index is -3.48. The number of benzene rings is 1. The van der Waals surface area contributed by atoms with Crippen LogP contribution in [0, 0.1) is 0 Å². The van der Waals surface area contributed by atoms with Gasteiger partial charge in [-0.15, -0.1) is 11.3 Å². The van der Waals surface area contributed by atoms with E-state index in [9.17, 15) is 13.2 Å². The van der Waals surface area contributed by atoms with Gasteiger partial charge in [0.25, 0.3) is 5.91 Å². The molecule has 1 aliphatic heterocycles. The van der Waals surface area contributed by atoms with Gasteiger partial charge in [0.2, 0.25) is 10.0 Å². The topological polar surface area (TPSA) is 62.1 Å². The van der Waals surface area contributed by atoms with Crippen LogP contribution in [0.1, 0.15) is 10.4 Å². The van der Waals surface area contributed by atoms with Gasteiger partial charge in [-0.2, -0.15) is 4.31 Å². The van der Waals surface area contributed by atoms with Crippen molar-refractivity contribution in [2.24, 2.45) is 0 Å². The summed E-state index contributed by atoms with van der Waals surface area (Å²) < 4.78 is 26.5. The van der Waals surface area contributed by atoms with Crippen LogP contribution in [0.2, 0.25) is 0 Å². The molecule has 0 radical (unpaired) electrons. The number of rotatable bonds is 7. The van der Waals surface area contributed by atoms with Crippen molar-refractivity contribution in [3.05, 3.63) is 63.7 Å². The molecule has 8 heteroatoms. The minimum Gasteiger partial charge on any atom is -0.335 e. The number of carbonyl (C=O) groups excluding carboxylic acids is 1. The Balaban J connectivity index is 1.49. The number of nitrogens with one attached hydrogen (secondary N) is 1. The van der Waals surface area contributed by atoms with Crippen LogP contribution in [0.4, 0.5) is 0 Å². The van der Waals surface area contributed by atoms with E-state index in [1.165, 1.54) is 14.6 Å². The summed E-state index contributed by atoms with van der Waals surface area (Å²) in [5.41, 5.74) is 0.844. The molecular weight excluding hydrogens is 394 g/mol. The smallest absolute Gasteiger partial charge is 0.277 e. The average Bonchev–Trinajstić information content (AvgIpc) is 3.20. The highest BCUT2D eigenvalue weighted by atomic mass is 32.2. The van der Waals surface area contributed by atoms with E-state index in [4.69, 9.17) is 0 Å². The van der Waals surface area contributed by atoms with Crippen LogP contribution in [-0.4, -0.2) is 63.3 Å². The molecule has 0 saturated carbocycles. The van der Waals surface area contributed by atoms with Crippen LogP contribution in [-0.2, 0) is 21.4 Å². The fourth-order valence-corrected chi connectivity index (χ4v) is 5.14. The third-order valence-electron chi connectivity index (χ3n) is 4.69. The van der Waals surface area contributed by atoms with Gasteiger partial charge in [0.05, 0.1) is 11.9 Å². The van der Waals surface area contributed by atoms with Crippen molar-refractivity contribution in [1.82, 2.24) is 9.21 Å². The Labute approximate surface area is 170 Å².